The highest BCUT2D eigenvalue weighted by molar-refractivity contribution is 5.93. The lowest BCUT2D eigenvalue weighted by molar-refractivity contribution is -0.384. The predicted molar refractivity (Wildman–Crippen MR) is 65.9 cm³/mol. The Kier molecular flexibility index (Phi) is 3.62. The van der Waals surface area contributed by atoms with Crippen molar-refractivity contribution in [2.24, 2.45) is 10.7 Å². The van der Waals surface area contributed by atoms with Gasteiger partial charge in [0, 0.05) is 12.3 Å². The number of aromatic nitrogens is 1. The van der Waals surface area contributed by atoms with Crippen molar-refractivity contribution >= 4 is 17.5 Å². The standard InChI is InChI=1S/C10H15N5O2/c1-10(2,3)14-9(11)13-8-7(15(16)17)5-4-6-12-8/h4-6H,1-3H3,(H3,11,12,13,14). The molecule has 0 atom stereocenters. The van der Waals surface area contributed by atoms with E-state index in [4.69, 9.17) is 5.73 Å². The maximum Gasteiger partial charge on any atom is 0.311 e. The van der Waals surface area contributed by atoms with Gasteiger partial charge in [0.15, 0.2) is 5.96 Å². The van der Waals surface area contributed by atoms with Gasteiger partial charge in [-0.05, 0) is 26.8 Å². The molecule has 0 bridgehead atoms. The van der Waals surface area contributed by atoms with Crippen molar-refractivity contribution in [3.63, 3.8) is 0 Å². The van der Waals surface area contributed by atoms with Gasteiger partial charge in [0.2, 0.25) is 5.82 Å². The Morgan fingerprint density at radius 1 is 1.59 bits per heavy atom. The number of anilines is 1. The topological polar surface area (TPSA) is 106 Å². The molecule has 7 nitrogen and oxygen atoms in total. The minimum absolute atomic E-state index is 0.0861. The molecule has 17 heavy (non-hydrogen) atoms. The Balaban J connectivity index is 2.96. The van der Waals surface area contributed by atoms with E-state index in [0.717, 1.165) is 0 Å². The van der Waals surface area contributed by atoms with Crippen LogP contribution in [0.5, 0.6) is 0 Å². The third-order valence-corrected chi connectivity index (χ3v) is 1.69. The number of guanidine groups is 1. The number of hydrogen-bond donors (Lipinski definition) is 2. The molecule has 0 aliphatic carbocycles. The second kappa shape index (κ2) is 4.77. The molecule has 1 aromatic heterocycles. The third kappa shape index (κ3) is 4.06. The van der Waals surface area contributed by atoms with Crippen molar-refractivity contribution in [1.82, 2.24) is 4.98 Å². The summed E-state index contributed by atoms with van der Waals surface area (Å²) < 4.78 is 0. The Hall–Kier alpha value is -2.18. The molecule has 0 aliphatic rings. The number of pyridine rings is 1. The summed E-state index contributed by atoms with van der Waals surface area (Å²) in [5.74, 6) is 0.183. The Bertz CT molecular complexity index is 450. The first-order chi connectivity index (χ1) is 7.79. The Morgan fingerprint density at radius 3 is 2.76 bits per heavy atom. The second-order valence-electron chi connectivity index (χ2n) is 4.42. The average molecular weight is 237 g/mol. The van der Waals surface area contributed by atoms with Gasteiger partial charge in [0.1, 0.15) is 0 Å². The van der Waals surface area contributed by atoms with Crippen LogP contribution in [0.4, 0.5) is 11.5 Å². The lowest BCUT2D eigenvalue weighted by atomic mass is 10.1. The smallest absolute Gasteiger partial charge is 0.311 e. The molecule has 3 N–H and O–H groups in total. The van der Waals surface area contributed by atoms with Crippen LogP contribution in [0.3, 0.4) is 0 Å². The van der Waals surface area contributed by atoms with Crippen molar-refractivity contribution < 1.29 is 4.92 Å². The molecule has 1 rings (SSSR count). The highest BCUT2D eigenvalue weighted by Crippen LogP contribution is 2.20. The van der Waals surface area contributed by atoms with E-state index in [2.05, 4.69) is 15.3 Å². The zero-order valence-corrected chi connectivity index (χ0v) is 9.97. The zero-order chi connectivity index (χ0) is 13.1. The predicted octanol–water partition coefficient (Wildman–Crippen LogP) is 1.51. The Morgan fingerprint density at radius 2 is 2.24 bits per heavy atom. The summed E-state index contributed by atoms with van der Waals surface area (Å²) in [5.41, 5.74) is 5.14. The number of nitro groups is 1. The molecule has 0 unspecified atom stereocenters. The second-order valence-corrected chi connectivity index (χ2v) is 4.42. The van der Waals surface area contributed by atoms with E-state index in [1.54, 1.807) is 0 Å². The molecular formula is C10H15N5O2. The van der Waals surface area contributed by atoms with Crippen LogP contribution in [0.2, 0.25) is 0 Å². The van der Waals surface area contributed by atoms with Gasteiger partial charge in [-0.3, -0.25) is 10.1 Å². The van der Waals surface area contributed by atoms with Crippen molar-refractivity contribution in [3.05, 3.63) is 28.4 Å². The Labute approximate surface area is 98.9 Å². The quantitative estimate of drug-likeness (QED) is 0.351. The van der Waals surface area contributed by atoms with E-state index in [-0.39, 0.29) is 23.0 Å². The summed E-state index contributed by atoms with van der Waals surface area (Å²) in [6.45, 7) is 5.61. The molecule has 0 aromatic carbocycles. The molecule has 0 saturated heterocycles. The van der Waals surface area contributed by atoms with Crippen LogP contribution in [-0.4, -0.2) is 21.4 Å². The normalized spacial score (nSPS) is 12.3. The molecule has 0 amide bonds. The third-order valence-electron chi connectivity index (χ3n) is 1.69. The van der Waals surface area contributed by atoms with Crippen LogP contribution in [0.15, 0.2) is 23.3 Å². The number of nitrogens with zero attached hydrogens (tertiary/aromatic N) is 3. The first-order valence-electron chi connectivity index (χ1n) is 5.01. The van der Waals surface area contributed by atoms with Crippen molar-refractivity contribution in [1.29, 1.82) is 0 Å². The number of nitrogens with one attached hydrogen (secondary N) is 1. The van der Waals surface area contributed by atoms with E-state index in [0.29, 0.717) is 0 Å². The van der Waals surface area contributed by atoms with Gasteiger partial charge in [-0.1, -0.05) is 0 Å². The number of aliphatic imine (C=N–C) groups is 1. The number of nitrogens with two attached hydrogens (primary N) is 1. The fourth-order valence-corrected chi connectivity index (χ4v) is 1.15. The lowest BCUT2D eigenvalue weighted by Gasteiger charge is -2.14. The zero-order valence-electron chi connectivity index (χ0n) is 9.97. The molecular weight excluding hydrogens is 222 g/mol. The highest BCUT2D eigenvalue weighted by Gasteiger charge is 2.15. The van der Waals surface area contributed by atoms with E-state index >= 15 is 0 Å². The van der Waals surface area contributed by atoms with Gasteiger partial charge >= 0.3 is 5.69 Å². The monoisotopic (exact) mass is 237 g/mol. The van der Waals surface area contributed by atoms with Crippen LogP contribution < -0.4 is 11.1 Å². The molecule has 0 aliphatic heterocycles. The molecule has 7 heteroatoms. The minimum atomic E-state index is -0.528. The molecule has 1 heterocycles. The van der Waals surface area contributed by atoms with Crippen LogP contribution in [-0.2, 0) is 0 Å². The molecule has 0 spiro atoms. The van der Waals surface area contributed by atoms with Gasteiger partial charge in [-0.25, -0.2) is 9.98 Å². The van der Waals surface area contributed by atoms with Gasteiger partial charge in [-0.2, -0.15) is 0 Å². The van der Waals surface area contributed by atoms with Crippen molar-refractivity contribution in [2.45, 2.75) is 26.3 Å². The van der Waals surface area contributed by atoms with Crippen LogP contribution in [0.25, 0.3) is 0 Å². The average Bonchev–Trinajstić information content (AvgIpc) is 2.14. The van der Waals surface area contributed by atoms with E-state index < -0.39 is 4.92 Å². The summed E-state index contributed by atoms with van der Waals surface area (Å²) in [4.78, 5) is 18.2. The van der Waals surface area contributed by atoms with Crippen LogP contribution in [0.1, 0.15) is 20.8 Å². The summed E-state index contributed by atoms with van der Waals surface area (Å²) in [7, 11) is 0. The first-order valence-corrected chi connectivity index (χ1v) is 5.01. The van der Waals surface area contributed by atoms with Gasteiger partial charge in [0.05, 0.1) is 10.5 Å². The largest absolute Gasteiger partial charge is 0.370 e. The maximum absolute atomic E-state index is 10.7. The molecule has 0 fully saturated rings. The van der Waals surface area contributed by atoms with Gasteiger partial charge < -0.3 is 11.1 Å². The fourth-order valence-electron chi connectivity index (χ4n) is 1.15. The van der Waals surface area contributed by atoms with E-state index in [1.165, 1.54) is 18.3 Å². The van der Waals surface area contributed by atoms with Crippen LogP contribution in [0, 0.1) is 10.1 Å². The fraction of sp³-hybridized carbons (Fsp3) is 0.400. The molecule has 0 saturated carbocycles. The van der Waals surface area contributed by atoms with Gasteiger partial charge in [0.25, 0.3) is 0 Å². The minimum Gasteiger partial charge on any atom is -0.370 e. The van der Waals surface area contributed by atoms with Crippen molar-refractivity contribution in [2.75, 3.05) is 5.32 Å². The summed E-state index contributed by atoms with van der Waals surface area (Å²) in [6.07, 6.45) is 1.44. The van der Waals surface area contributed by atoms with E-state index in [9.17, 15) is 10.1 Å². The van der Waals surface area contributed by atoms with Gasteiger partial charge in [-0.15, -0.1) is 0 Å². The molecule has 92 valence electrons. The SMILES string of the molecule is CC(C)(C)N=C(N)Nc1ncccc1[N+](=O)[O-]. The lowest BCUT2D eigenvalue weighted by Crippen LogP contribution is -2.28. The molecule has 0 radical (unpaired) electrons. The first kappa shape index (κ1) is 12.9. The van der Waals surface area contributed by atoms with Crippen LogP contribution >= 0.6 is 0 Å². The maximum atomic E-state index is 10.7. The summed E-state index contributed by atoms with van der Waals surface area (Å²) in [5, 5.41) is 13.4. The van der Waals surface area contributed by atoms with Crippen molar-refractivity contribution in [3.8, 4) is 0 Å². The summed E-state index contributed by atoms with van der Waals surface area (Å²) >= 11 is 0. The molecule has 1 aromatic rings. The highest BCUT2D eigenvalue weighted by atomic mass is 16.6. The number of hydrogen-bond acceptors (Lipinski definition) is 4. The van der Waals surface area contributed by atoms with E-state index in [1.807, 2.05) is 20.8 Å². The number of rotatable bonds is 2. The summed E-state index contributed by atoms with van der Waals surface area (Å²) in [6, 6.07) is 2.83.